The van der Waals surface area contributed by atoms with Gasteiger partial charge in [0.2, 0.25) is 20.0 Å². The first-order valence-electron chi connectivity index (χ1n) is 14.6. The zero-order valence-electron chi connectivity index (χ0n) is 28.1. The fourth-order valence-electron chi connectivity index (χ4n) is 5.43. The average Bonchev–Trinajstić information content (AvgIpc) is 2.91. The summed E-state index contributed by atoms with van der Waals surface area (Å²) in [6, 6.07) is 9.13. The molecule has 0 heterocycles. The second-order valence-corrected chi connectivity index (χ2v) is 18.0. The van der Waals surface area contributed by atoms with Crippen LogP contribution in [-0.2, 0) is 44.0 Å². The minimum Gasteiger partial charge on any atom is -0.507 e. The molecule has 0 aromatic heterocycles. The van der Waals surface area contributed by atoms with Crippen LogP contribution in [0.15, 0.2) is 46.2 Å². The fourth-order valence-corrected chi connectivity index (χ4v) is 7.87. The van der Waals surface area contributed by atoms with Gasteiger partial charge in [-0.3, -0.25) is 0 Å². The average molecular weight is 645 g/mol. The van der Waals surface area contributed by atoms with Crippen LogP contribution in [0.4, 0.5) is 0 Å². The zero-order chi connectivity index (χ0) is 33.7. The highest BCUT2D eigenvalue weighted by Gasteiger charge is 2.29. The van der Waals surface area contributed by atoms with E-state index >= 15 is 0 Å². The third kappa shape index (κ3) is 6.83. The van der Waals surface area contributed by atoms with Crippen LogP contribution in [0.5, 0.6) is 11.5 Å². The summed E-state index contributed by atoms with van der Waals surface area (Å²) < 4.78 is 57.0. The summed E-state index contributed by atoms with van der Waals surface area (Å²) in [5.41, 5.74) is 5.32. The maximum atomic E-state index is 13.7. The van der Waals surface area contributed by atoms with Gasteiger partial charge in [0.1, 0.15) is 11.5 Å². The molecule has 8 nitrogen and oxygen atoms in total. The summed E-state index contributed by atoms with van der Waals surface area (Å²) in [5.74, 6) is 0.290. The molecule has 3 aromatic rings. The molecule has 3 aromatic carbocycles. The highest BCUT2D eigenvalue weighted by Crippen LogP contribution is 2.38. The molecule has 0 radical (unpaired) electrons. The Morgan fingerprint density at radius 1 is 0.614 bits per heavy atom. The monoisotopic (exact) mass is 644 g/mol. The van der Waals surface area contributed by atoms with Gasteiger partial charge in [0, 0.05) is 27.2 Å². The maximum absolute atomic E-state index is 13.7. The Labute approximate surface area is 264 Å². The highest BCUT2D eigenvalue weighted by molar-refractivity contribution is 7.90. The van der Waals surface area contributed by atoms with Crippen LogP contribution in [0.3, 0.4) is 0 Å². The SMILES string of the molecule is Cc1cc(C(C)(C)C)c(O)c(C)c1CN(C)S(=O)(=O)c1cccc(S(=O)(=O)N(C)Cc2c(C)cc(C(C)(C)C)c(O)c2C)c1. The molecule has 0 aliphatic heterocycles. The van der Waals surface area contributed by atoms with E-state index in [1.807, 2.05) is 67.5 Å². The molecule has 0 amide bonds. The van der Waals surface area contributed by atoms with E-state index in [4.69, 9.17) is 0 Å². The van der Waals surface area contributed by atoms with Gasteiger partial charge in [0.05, 0.1) is 9.79 Å². The van der Waals surface area contributed by atoms with Crippen LogP contribution >= 0.6 is 0 Å². The van der Waals surface area contributed by atoms with Crippen LogP contribution in [0.25, 0.3) is 0 Å². The molecule has 3 rings (SSSR count). The molecule has 0 fully saturated rings. The largest absolute Gasteiger partial charge is 0.507 e. The Hall–Kier alpha value is -2.92. The van der Waals surface area contributed by atoms with Crippen LogP contribution < -0.4 is 0 Å². The summed E-state index contributed by atoms with van der Waals surface area (Å²) in [4.78, 5) is -0.306. The third-order valence-electron chi connectivity index (χ3n) is 8.40. The number of hydrogen-bond acceptors (Lipinski definition) is 6. The van der Waals surface area contributed by atoms with E-state index < -0.39 is 20.0 Å². The topological polar surface area (TPSA) is 115 Å². The van der Waals surface area contributed by atoms with E-state index in [9.17, 15) is 27.0 Å². The minimum absolute atomic E-state index is 0.00146. The molecule has 0 bridgehead atoms. The van der Waals surface area contributed by atoms with Crippen molar-refractivity contribution in [1.29, 1.82) is 0 Å². The Bertz CT molecular complexity index is 1670. The van der Waals surface area contributed by atoms with Crippen LogP contribution in [0.1, 0.15) is 86.1 Å². The van der Waals surface area contributed by atoms with Crippen LogP contribution in [0.2, 0.25) is 0 Å². The molecule has 0 spiro atoms. The summed E-state index contributed by atoms with van der Waals surface area (Å²) in [6.45, 7) is 19.4. The number of rotatable bonds is 8. The first-order valence-corrected chi connectivity index (χ1v) is 17.5. The summed E-state index contributed by atoms with van der Waals surface area (Å²) in [7, 11) is -5.30. The Balaban J connectivity index is 1.94. The maximum Gasteiger partial charge on any atom is 0.243 e. The predicted octanol–water partition coefficient (Wildman–Crippen LogP) is 6.57. The highest BCUT2D eigenvalue weighted by atomic mass is 32.2. The van der Waals surface area contributed by atoms with Gasteiger partial charge in [-0.05, 0) is 101 Å². The lowest BCUT2D eigenvalue weighted by molar-refractivity contribution is 0.434. The van der Waals surface area contributed by atoms with Crippen molar-refractivity contribution < 1.29 is 27.0 Å². The number of aromatic hydroxyl groups is 2. The molecule has 0 saturated heterocycles. The first-order chi connectivity index (χ1) is 19.9. The molecule has 10 heteroatoms. The van der Waals surface area contributed by atoms with Crippen molar-refractivity contribution in [3.8, 4) is 11.5 Å². The van der Waals surface area contributed by atoms with Gasteiger partial charge in [0.25, 0.3) is 0 Å². The number of benzene rings is 3. The van der Waals surface area contributed by atoms with Gasteiger partial charge < -0.3 is 10.2 Å². The smallest absolute Gasteiger partial charge is 0.243 e. The number of phenols is 2. The van der Waals surface area contributed by atoms with Gasteiger partial charge in [0.15, 0.2) is 0 Å². The standard InChI is InChI=1S/C34H48N2O6S2/c1-21-16-29(33(5,6)7)31(37)23(3)27(21)19-35(11)43(39,40)25-14-13-15-26(18-25)44(41,42)36(12)20-28-22(2)17-30(34(8,9)10)32(38)24(28)4/h13-18,37-38H,19-20H2,1-12H3. The van der Waals surface area contributed by atoms with Crippen molar-refractivity contribution in [3.63, 3.8) is 0 Å². The molecule has 2 N–H and O–H groups in total. The lowest BCUT2D eigenvalue weighted by Gasteiger charge is -2.26. The summed E-state index contributed by atoms with van der Waals surface area (Å²) in [5, 5.41) is 21.8. The molecule has 0 aliphatic carbocycles. The molecule has 242 valence electrons. The predicted molar refractivity (Wildman–Crippen MR) is 176 cm³/mol. The van der Waals surface area contributed by atoms with Gasteiger partial charge in [-0.2, -0.15) is 8.61 Å². The van der Waals surface area contributed by atoms with Gasteiger partial charge in [-0.15, -0.1) is 0 Å². The van der Waals surface area contributed by atoms with Gasteiger partial charge in [-0.1, -0.05) is 59.7 Å². The fraction of sp³-hybridized carbons (Fsp3) is 0.471. The molecule has 44 heavy (non-hydrogen) atoms. The number of phenolic OH excluding ortho intramolecular Hbond substituents is 2. The molecular formula is C34H48N2O6S2. The van der Waals surface area contributed by atoms with Crippen LogP contribution in [0, 0.1) is 27.7 Å². The van der Waals surface area contributed by atoms with E-state index in [1.54, 1.807) is 13.8 Å². The lowest BCUT2D eigenvalue weighted by atomic mass is 9.82. The van der Waals surface area contributed by atoms with Crippen molar-refractivity contribution in [2.75, 3.05) is 14.1 Å². The third-order valence-corrected chi connectivity index (χ3v) is 12.0. The molecule has 0 aliphatic rings. The Kier molecular flexibility index (Phi) is 9.79. The summed E-state index contributed by atoms with van der Waals surface area (Å²) in [6.07, 6.45) is 0. The second-order valence-electron chi connectivity index (χ2n) is 13.9. The van der Waals surface area contributed by atoms with E-state index in [0.29, 0.717) is 22.3 Å². The van der Waals surface area contributed by atoms with Crippen molar-refractivity contribution in [2.24, 2.45) is 0 Å². The quantitative estimate of drug-likeness (QED) is 0.287. The van der Waals surface area contributed by atoms with Gasteiger partial charge in [-0.25, -0.2) is 16.8 Å². The number of nitrogens with zero attached hydrogens (tertiary/aromatic N) is 2. The van der Waals surface area contributed by atoms with Crippen molar-refractivity contribution in [1.82, 2.24) is 8.61 Å². The molecular weight excluding hydrogens is 597 g/mol. The van der Waals surface area contributed by atoms with E-state index in [-0.39, 0.29) is 45.2 Å². The summed E-state index contributed by atoms with van der Waals surface area (Å²) >= 11 is 0. The Morgan fingerprint density at radius 2 is 0.932 bits per heavy atom. The number of sulfonamides is 2. The molecule has 0 saturated carbocycles. The number of aryl methyl sites for hydroxylation is 2. The Morgan fingerprint density at radius 3 is 1.23 bits per heavy atom. The molecule has 0 unspecified atom stereocenters. The van der Waals surface area contributed by atoms with E-state index in [0.717, 1.165) is 22.3 Å². The van der Waals surface area contributed by atoms with E-state index in [1.165, 1.54) is 47.0 Å². The minimum atomic E-state index is -4.09. The van der Waals surface area contributed by atoms with E-state index in [2.05, 4.69) is 0 Å². The van der Waals surface area contributed by atoms with Gasteiger partial charge >= 0.3 is 0 Å². The second kappa shape index (κ2) is 12.1. The van der Waals surface area contributed by atoms with Crippen molar-refractivity contribution in [3.05, 3.63) is 80.9 Å². The first kappa shape index (κ1) is 35.6. The normalized spacial score (nSPS) is 13.2. The van der Waals surface area contributed by atoms with Crippen molar-refractivity contribution in [2.45, 2.75) is 103 Å². The van der Waals surface area contributed by atoms with Crippen molar-refractivity contribution >= 4 is 20.0 Å². The number of hydrogen-bond donors (Lipinski definition) is 2. The molecule has 0 atom stereocenters. The zero-order valence-corrected chi connectivity index (χ0v) is 29.7. The lowest BCUT2D eigenvalue weighted by Crippen LogP contribution is -2.29. The van der Waals surface area contributed by atoms with Crippen LogP contribution in [-0.4, -0.2) is 49.8 Å².